The maximum absolute atomic E-state index is 11.1. The van der Waals surface area contributed by atoms with E-state index in [4.69, 9.17) is 5.11 Å². The molecular weight excluding hydrogens is 296 g/mol. The number of carboxylic acids is 1. The Labute approximate surface area is 103 Å². The highest BCUT2D eigenvalue weighted by Gasteiger charge is 2.12. The Morgan fingerprint density at radius 1 is 1.31 bits per heavy atom. The molecule has 90 valence electrons. The molecule has 0 saturated carbocycles. The van der Waals surface area contributed by atoms with Gasteiger partial charge in [0, 0.05) is 10.7 Å². The number of hydrogen-bond acceptors (Lipinski definition) is 3. The van der Waals surface area contributed by atoms with Crippen molar-refractivity contribution >= 4 is 31.7 Å². The Balaban J connectivity index is 0.00000106. The van der Waals surface area contributed by atoms with Gasteiger partial charge in [-0.25, -0.2) is 13.2 Å². The van der Waals surface area contributed by atoms with Gasteiger partial charge in [0.2, 0.25) is 0 Å². The predicted octanol–water partition coefficient (Wildman–Crippen LogP) is 2.58. The number of benzene rings is 1. The van der Waals surface area contributed by atoms with E-state index in [0.717, 1.165) is 6.26 Å². The molecule has 0 amide bonds. The number of aromatic carboxylic acids is 1. The lowest BCUT2D eigenvalue weighted by atomic mass is 10.2. The number of carbonyl (C=O) groups is 1. The zero-order chi connectivity index (χ0) is 12.9. The van der Waals surface area contributed by atoms with Gasteiger partial charge in [0.05, 0.1) is 10.5 Å². The zero-order valence-electron chi connectivity index (χ0n) is 9.19. The fourth-order valence-corrected chi connectivity index (χ4v) is 2.25. The summed E-state index contributed by atoms with van der Waals surface area (Å²) in [6, 6.07) is 3.80. The highest BCUT2D eigenvalue weighted by molar-refractivity contribution is 9.10. The maximum atomic E-state index is 11.1. The van der Waals surface area contributed by atoms with E-state index in [1.165, 1.54) is 18.2 Å². The summed E-state index contributed by atoms with van der Waals surface area (Å²) in [6.07, 6.45) is 1.06. The van der Waals surface area contributed by atoms with E-state index in [1.54, 1.807) is 0 Å². The van der Waals surface area contributed by atoms with Crippen LogP contribution in [0.5, 0.6) is 0 Å². The lowest BCUT2D eigenvalue weighted by Crippen LogP contribution is -2.01. The fourth-order valence-electron chi connectivity index (χ4n) is 0.900. The summed E-state index contributed by atoms with van der Waals surface area (Å²) < 4.78 is 22.5. The van der Waals surface area contributed by atoms with E-state index in [9.17, 15) is 13.2 Å². The van der Waals surface area contributed by atoms with Crippen LogP contribution < -0.4 is 0 Å². The van der Waals surface area contributed by atoms with Gasteiger partial charge >= 0.3 is 5.97 Å². The van der Waals surface area contributed by atoms with Crippen molar-refractivity contribution < 1.29 is 18.3 Å². The highest BCUT2D eigenvalue weighted by Crippen LogP contribution is 2.21. The summed E-state index contributed by atoms with van der Waals surface area (Å²) in [6.45, 7) is 4.00. The SMILES string of the molecule is CC.CS(=O)(=O)c1ccc(C(=O)O)c(Br)c1. The fraction of sp³-hybridized carbons (Fsp3) is 0.300. The zero-order valence-corrected chi connectivity index (χ0v) is 11.6. The van der Waals surface area contributed by atoms with Crippen molar-refractivity contribution in [3.05, 3.63) is 28.2 Å². The van der Waals surface area contributed by atoms with Gasteiger partial charge in [0.25, 0.3) is 0 Å². The Kier molecular flexibility index (Phi) is 5.67. The lowest BCUT2D eigenvalue weighted by molar-refractivity contribution is 0.0696. The van der Waals surface area contributed by atoms with E-state index < -0.39 is 15.8 Å². The molecular formula is C10H13BrO4S. The van der Waals surface area contributed by atoms with Gasteiger partial charge in [-0.1, -0.05) is 13.8 Å². The van der Waals surface area contributed by atoms with Gasteiger partial charge in [0.1, 0.15) is 0 Å². The smallest absolute Gasteiger partial charge is 0.336 e. The molecule has 0 bridgehead atoms. The molecule has 0 atom stereocenters. The predicted molar refractivity (Wildman–Crippen MR) is 65.6 cm³/mol. The molecule has 16 heavy (non-hydrogen) atoms. The summed E-state index contributed by atoms with van der Waals surface area (Å²) in [5, 5.41) is 8.68. The summed E-state index contributed by atoms with van der Waals surface area (Å²) in [7, 11) is -3.29. The third kappa shape index (κ3) is 3.94. The van der Waals surface area contributed by atoms with E-state index in [2.05, 4.69) is 15.9 Å². The van der Waals surface area contributed by atoms with Gasteiger partial charge in [-0.15, -0.1) is 0 Å². The topological polar surface area (TPSA) is 71.4 Å². The summed E-state index contributed by atoms with van der Waals surface area (Å²) in [5.41, 5.74) is 0.0393. The summed E-state index contributed by atoms with van der Waals surface area (Å²) in [5.74, 6) is -1.10. The van der Waals surface area contributed by atoms with Crippen molar-refractivity contribution in [1.29, 1.82) is 0 Å². The molecule has 0 saturated heterocycles. The number of hydrogen-bond donors (Lipinski definition) is 1. The molecule has 0 spiro atoms. The first-order valence-electron chi connectivity index (χ1n) is 4.55. The van der Waals surface area contributed by atoms with Crippen LogP contribution in [0.1, 0.15) is 24.2 Å². The van der Waals surface area contributed by atoms with Crippen molar-refractivity contribution in [2.24, 2.45) is 0 Å². The molecule has 1 aromatic rings. The van der Waals surface area contributed by atoms with Crippen LogP contribution in [0.25, 0.3) is 0 Å². The van der Waals surface area contributed by atoms with Crippen molar-refractivity contribution in [1.82, 2.24) is 0 Å². The quantitative estimate of drug-likeness (QED) is 0.911. The monoisotopic (exact) mass is 308 g/mol. The molecule has 0 radical (unpaired) electrons. The normalized spacial score (nSPS) is 10.2. The van der Waals surface area contributed by atoms with Crippen LogP contribution in [0, 0.1) is 0 Å². The van der Waals surface area contributed by atoms with Crippen LogP contribution in [0.3, 0.4) is 0 Å². The van der Waals surface area contributed by atoms with Crippen LogP contribution in [0.15, 0.2) is 27.6 Å². The van der Waals surface area contributed by atoms with Gasteiger partial charge in [-0.3, -0.25) is 0 Å². The highest BCUT2D eigenvalue weighted by atomic mass is 79.9. The minimum Gasteiger partial charge on any atom is -0.478 e. The molecule has 1 aromatic carbocycles. The summed E-state index contributed by atoms with van der Waals surface area (Å²) in [4.78, 5) is 10.7. The summed E-state index contributed by atoms with van der Waals surface area (Å²) >= 11 is 2.99. The standard InChI is InChI=1S/C8H7BrO4S.C2H6/c1-14(12,13)5-2-3-6(8(10)11)7(9)4-5;1-2/h2-4H,1H3,(H,10,11);1-2H3. The van der Waals surface area contributed by atoms with E-state index >= 15 is 0 Å². The second-order valence-corrected chi connectivity index (χ2v) is 5.59. The van der Waals surface area contributed by atoms with Gasteiger partial charge in [0.15, 0.2) is 9.84 Å². The van der Waals surface area contributed by atoms with Crippen molar-refractivity contribution in [3.63, 3.8) is 0 Å². The first-order valence-corrected chi connectivity index (χ1v) is 7.23. The van der Waals surface area contributed by atoms with Crippen molar-refractivity contribution in [3.8, 4) is 0 Å². The average Bonchev–Trinajstić information content (AvgIpc) is 2.18. The molecule has 6 heteroatoms. The van der Waals surface area contributed by atoms with Crippen molar-refractivity contribution in [2.45, 2.75) is 18.7 Å². The minimum atomic E-state index is -3.29. The van der Waals surface area contributed by atoms with E-state index in [1.807, 2.05) is 13.8 Å². The first-order chi connectivity index (χ1) is 7.32. The molecule has 0 aliphatic rings. The Morgan fingerprint density at radius 2 is 1.81 bits per heavy atom. The third-order valence-electron chi connectivity index (χ3n) is 1.60. The van der Waals surface area contributed by atoms with E-state index in [0.29, 0.717) is 0 Å². The third-order valence-corrected chi connectivity index (χ3v) is 3.37. The molecule has 1 rings (SSSR count). The minimum absolute atomic E-state index is 0.0393. The number of rotatable bonds is 2. The molecule has 0 aliphatic carbocycles. The van der Waals surface area contributed by atoms with E-state index in [-0.39, 0.29) is 14.9 Å². The number of sulfone groups is 1. The molecule has 0 aromatic heterocycles. The molecule has 0 aliphatic heterocycles. The second kappa shape index (κ2) is 6.00. The Bertz CT molecular complexity index is 480. The molecule has 1 N–H and O–H groups in total. The maximum Gasteiger partial charge on any atom is 0.336 e. The van der Waals surface area contributed by atoms with Crippen LogP contribution in [0.2, 0.25) is 0 Å². The molecule has 0 fully saturated rings. The van der Waals surface area contributed by atoms with Crippen LogP contribution in [0.4, 0.5) is 0 Å². The second-order valence-electron chi connectivity index (χ2n) is 2.72. The van der Waals surface area contributed by atoms with Gasteiger partial charge in [-0.05, 0) is 34.1 Å². The number of carboxylic acid groups (broad SMARTS) is 1. The molecule has 0 unspecified atom stereocenters. The van der Waals surface area contributed by atoms with Gasteiger partial charge in [-0.2, -0.15) is 0 Å². The largest absolute Gasteiger partial charge is 0.478 e. The molecule has 4 nitrogen and oxygen atoms in total. The lowest BCUT2D eigenvalue weighted by Gasteiger charge is -2.01. The first kappa shape index (κ1) is 15.1. The Hall–Kier alpha value is -0.880. The van der Waals surface area contributed by atoms with Crippen LogP contribution in [-0.2, 0) is 9.84 Å². The van der Waals surface area contributed by atoms with Crippen LogP contribution >= 0.6 is 15.9 Å². The van der Waals surface area contributed by atoms with Crippen LogP contribution in [-0.4, -0.2) is 25.7 Å². The van der Waals surface area contributed by atoms with Crippen molar-refractivity contribution in [2.75, 3.05) is 6.26 Å². The van der Waals surface area contributed by atoms with Gasteiger partial charge < -0.3 is 5.11 Å². The molecule has 0 heterocycles. The Morgan fingerprint density at radius 3 is 2.12 bits per heavy atom. The number of halogens is 1. The average molecular weight is 309 g/mol.